The molecule has 20 heavy (non-hydrogen) atoms. The summed E-state index contributed by atoms with van der Waals surface area (Å²) in [6.07, 6.45) is 4.52. The molecule has 0 amide bonds. The molecule has 2 heterocycles. The quantitative estimate of drug-likeness (QED) is 0.747. The number of hydrogen-bond acceptors (Lipinski definition) is 4. The van der Waals surface area contributed by atoms with Crippen LogP contribution in [0.5, 0.6) is 0 Å². The monoisotopic (exact) mass is 276 g/mol. The second kappa shape index (κ2) is 7.29. The van der Waals surface area contributed by atoms with Crippen molar-refractivity contribution in [1.82, 2.24) is 10.3 Å². The van der Waals surface area contributed by atoms with Gasteiger partial charge in [0.2, 0.25) is 0 Å². The fourth-order valence-corrected chi connectivity index (χ4v) is 2.00. The molecule has 0 aliphatic heterocycles. The summed E-state index contributed by atoms with van der Waals surface area (Å²) in [6, 6.07) is 3.92. The highest BCUT2D eigenvalue weighted by molar-refractivity contribution is 5.48. The molecule has 4 heteroatoms. The Morgan fingerprint density at radius 1 is 1.20 bits per heavy atom. The highest BCUT2D eigenvalue weighted by atomic mass is 16.4. The molecular formula is C16H24N2O2. The normalized spacial score (nSPS) is 11.4. The van der Waals surface area contributed by atoms with Crippen LogP contribution in [0.15, 0.2) is 27.2 Å². The van der Waals surface area contributed by atoms with E-state index in [1.54, 1.807) is 6.20 Å². The van der Waals surface area contributed by atoms with Gasteiger partial charge in [0.05, 0.1) is 6.20 Å². The van der Waals surface area contributed by atoms with Gasteiger partial charge >= 0.3 is 0 Å². The first-order chi connectivity index (χ1) is 9.69. The fraction of sp³-hybridized carbons (Fsp3) is 0.562. The maximum atomic E-state index is 5.72. The average Bonchev–Trinajstić information content (AvgIpc) is 3.06. The lowest BCUT2D eigenvalue weighted by molar-refractivity contribution is 0.460. The molecule has 0 bridgehead atoms. The Kier molecular flexibility index (Phi) is 5.41. The molecule has 0 aliphatic carbocycles. The van der Waals surface area contributed by atoms with E-state index in [4.69, 9.17) is 8.83 Å². The van der Waals surface area contributed by atoms with Crippen molar-refractivity contribution in [3.05, 3.63) is 30.0 Å². The number of rotatable bonds is 8. The minimum Gasteiger partial charge on any atom is -0.458 e. The van der Waals surface area contributed by atoms with Gasteiger partial charge < -0.3 is 14.2 Å². The Labute approximate surface area is 120 Å². The summed E-state index contributed by atoms with van der Waals surface area (Å²) in [7, 11) is 0. The Balaban J connectivity index is 1.80. The standard InChI is InChI=1S/C16H24N2O2/c1-4-13-7-8-14(19-13)15-11-18-16(20-15)6-5-9-17-10-12(2)3/h7-8,11-12,17H,4-6,9-10H2,1-3H3. The molecule has 2 rings (SSSR count). The van der Waals surface area contributed by atoms with E-state index in [0.29, 0.717) is 5.92 Å². The van der Waals surface area contributed by atoms with Crippen LogP contribution in [-0.4, -0.2) is 18.1 Å². The number of hydrogen-bond donors (Lipinski definition) is 1. The Hall–Kier alpha value is -1.55. The summed E-state index contributed by atoms with van der Waals surface area (Å²) in [6.45, 7) is 8.54. The van der Waals surface area contributed by atoms with Crippen molar-refractivity contribution in [3.8, 4) is 11.5 Å². The zero-order chi connectivity index (χ0) is 14.4. The molecule has 0 radical (unpaired) electrons. The van der Waals surface area contributed by atoms with Crippen LogP contribution in [0, 0.1) is 5.92 Å². The first kappa shape index (κ1) is 14.9. The predicted molar refractivity (Wildman–Crippen MR) is 79.6 cm³/mol. The SMILES string of the molecule is CCc1ccc(-c2cnc(CCCNCC(C)C)o2)o1. The molecule has 4 nitrogen and oxygen atoms in total. The molecule has 110 valence electrons. The van der Waals surface area contributed by atoms with Crippen LogP contribution in [-0.2, 0) is 12.8 Å². The van der Waals surface area contributed by atoms with Crippen LogP contribution in [0.2, 0.25) is 0 Å². The summed E-state index contributed by atoms with van der Waals surface area (Å²) < 4.78 is 11.4. The number of nitrogens with zero attached hydrogens (tertiary/aromatic N) is 1. The number of aryl methyl sites for hydroxylation is 2. The predicted octanol–water partition coefficient (Wildman–Crippen LogP) is 3.68. The van der Waals surface area contributed by atoms with Gasteiger partial charge in [-0.1, -0.05) is 20.8 Å². The maximum absolute atomic E-state index is 5.72. The van der Waals surface area contributed by atoms with E-state index in [0.717, 1.165) is 55.5 Å². The van der Waals surface area contributed by atoms with Crippen molar-refractivity contribution in [2.24, 2.45) is 5.92 Å². The van der Waals surface area contributed by atoms with E-state index in [1.807, 2.05) is 12.1 Å². The molecule has 0 saturated carbocycles. The number of aromatic nitrogens is 1. The number of nitrogens with one attached hydrogen (secondary N) is 1. The van der Waals surface area contributed by atoms with Gasteiger partial charge in [0.25, 0.3) is 0 Å². The van der Waals surface area contributed by atoms with Crippen molar-refractivity contribution in [1.29, 1.82) is 0 Å². The lowest BCUT2D eigenvalue weighted by Gasteiger charge is -2.05. The highest BCUT2D eigenvalue weighted by Gasteiger charge is 2.10. The van der Waals surface area contributed by atoms with Gasteiger partial charge in [-0.3, -0.25) is 0 Å². The van der Waals surface area contributed by atoms with E-state index in [2.05, 4.69) is 31.1 Å². The van der Waals surface area contributed by atoms with E-state index in [9.17, 15) is 0 Å². The van der Waals surface area contributed by atoms with Gasteiger partial charge in [-0.25, -0.2) is 4.98 Å². The van der Waals surface area contributed by atoms with Gasteiger partial charge in [-0.05, 0) is 37.6 Å². The molecule has 0 unspecified atom stereocenters. The minimum atomic E-state index is 0.690. The lowest BCUT2D eigenvalue weighted by Crippen LogP contribution is -2.21. The van der Waals surface area contributed by atoms with E-state index < -0.39 is 0 Å². The third-order valence-electron chi connectivity index (χ3n) is 3.10. The van der Waals surface area contributed by atoms with Crippen molar-refractivity contribution < 1.29 is 8.83 Å². The van der Waals surface area contributed by atoms with Gasteiger partial charge in [0, 0.05) is 12.8 Å². The summed E-state index contributed by atoms with van der Waals surface area (Å²) in [5, 5.41) is 3.42. The lowest BCUT2D eigenvalue weighted by atomic mass is 10.2. The molecule has 0 aromatic carbocycles. The molecule has 2 aromatic rings. The van der Waals surface area contributed by atoms with Crippen LogP contribution in [0.25, 0.3) is 11.5 Å². The molecule has 1 N–H and O–H groups in total. The molecule has 0 fully saturated rings. The van der Waals surface area contributed by atoms with Crippen molar-refractivity contribution >= 4 is 0 Å². The smallest absolute Gasteiger partial charge is 0.195 e. The van der Waals surface area contributed by atoms with Gasteiger partial charge in [0.15, 0.2) is 17.4 Å². The van der Waals surface area contributed by atoms with Gasteiger partial charge in [-0.2, -0.15) is 0 Å². The highest BCUT2D eigenvalue weighted by Crippen LogP contribution is 2.23. The number of oxazole rings is 1. The van der Waals surface area contributed by atoms with Crippen molar-refractivity contribution in [2.45, 2.75) is 40.0 Å². The van der Waals surface area contributed by atoms with Gasteiger partial charge in [-0.15, -0.1) is 0 Å². The van der Waals surface area contributed by atoms with Crippen LogP contribution in [0.3, 0.4) is 0 Å². The number of furan rings is 1. The van der Waals surface area contributed by atoms with Crippen LogP contribution < -0.4 is 5.32 Å². The van der Waals surface area contributed by atoms with Crippen molar-refractivity contribution in [3.63, 3.8) is 0 Å². The topological polar surface area (TPSA) is 51.2 Å². The zero-order valence-electron chi connectivity index (χ0n) is 12.6. The van der Waals surface area contributed by atoms with E-state index in [1.165, 1.54) is 0 Å². The van der Waals surface area contributed by atoms with E-state index >= 15 is 0 Å². The molecule has 0 atom stereocenters. The second-order valence-electron chi connectivity index (χ2n) is 5.44. The largest absolute Gasteiger partial charge is 0.458 e. The third-order valence-corrected chi connectivity index (χ3v) is 3.10. The second-order valence-corrected chi connectivity index (χ2v) is 5.44. The molecule has 0 aliphatic rings. The summed E-state index contributed by atoms with van der Waals surface area (Å²) >= 11 is 0. The first-order valence-corrected chi connectivity index (χ1v) is 7.43. The Bertz CT molecular complexity index is 514. The van der Waals surface area contributed by atoms with Crippen molar-refractivity contribution in [2.75, 3.05) is 13.1 Å². The van der Waals surface area contributed by atoms with E-state index in [-0.39, 0.29) is 0 Å². The third kappa shape index (κ3) is 4.23. The van der Waals surface area contributed by atoms with Gasteiger partial charge in [0.1, 0.15) is 5.76 Å². The molecule has 0 saturated heterocycles. The summed E-state index contributed by atoms with van der Waals surface area (Å²) in [5.41, 5.74) is 0. The van der Waals surface area contributed by atoms with Crippen LogP contribution >= 0.6 is 0 Å². The minimum absolute atomic E-state index is 0.690. The Morgan fingerprint density at radius 3 is 2.75 bits per heavy atom. The Morgan fingerprint density at radius 2 is 2.05 bits per heavy atom. The first-order valence-electron chi connectivity index (χ1n) is 7.43. The average molecular weight is 276 g/mol. The zero-order valence-corrected chi connectivity index (χ0v) is 12.6. The maximum Gasteiger partial charge on any atom is 0.195 e. The van der Waals surface area contributed by atoms with Crippen LogP contribution in [0.4, 0.5) is 0 Å². The molecular weight excluding hydrogens is 252 g/mol. The summed E-state index contributed by atoms with van der Waals surface area (Å²) in [4.78, 5) is 4.31. The van der Waals surface area contributed by atoms with Crippen LogP contribution in [0.1, 0.15) is 38.8 Å². The molecule has 2 aromatic heterocycles. The molecule has 0 spiro atoms. The fourth-order valence-electron chi connectivity index (χ4n) is 2.00. The summed E-state index contributed by atoms with van der Waals surface area (Å²) in [5.74, 6) is 3.92.